The summed E-state index contributed by atoms with van der Waals surface area (Å²) >= 11 is 7.18. The molecule has 0 unspecified atom stereocenters. The summed E-state index contributed by atoms with van der Waals surface area (Å²) in [6, 6.07) is 2.58. The molecule has 1 fully saturated rings. The third kappa shape index (κ3) is 2.94. The number of amides is 2. The quantitative estimate of drug-likeness (QED) is 0.895. The molecule has 0 bridgehead atoms. The monoisotopic (exact) mass is 288 g/mol. The fourth-order valence-electron chi connectivity index (χ4n) is 1.98. The number of hydrogen-bond donors (Lipinski definition) is 2. The summed E-state index contributed by atoms with van der Waals surface area (Å²) in [4.78, 5) is 25.1. The van der Waals surface area contributed by atoms with E-state index in [1.165, 1.54) is 16.2 Å². The lowest BCUT2D eigenvalue weighted by atomic mass is 10.2. The van der Waals surface area contributed by atoms with Crippen LogP contribution < -0.4 is 5.32 Å². The fraction of sp³-hybridized carbons (Fsp3) is 0.455. The highest BCUT2D eigenvalue weighted by Crippen LogP contribution is 2.21. The van der Waals surface area contributed by atoms with Crippen LogP contribution in [0.5, 0.6) is 0 Å². The Labute approximate surface area is 113 Å². The molecule has 0 saturated carbocycles. The van der Waals surface area contributed by atoms with Crippen LogP contribution >= 0.6 is 22.9 Å². The average Bonchev–Trinajstić information content (AvgIpc) is 2.94. The number of aliphatic carboxylic acids is 1. The van der Waals surface area contributed by atoms with Gasteiger partial charge in [-0.25, -0.2) is 9.59 Å². The molecule has 2 amide bonds. The first-order chi connectivity index (χ1) is 8.58. The van der Waals surface area contributed by atoms with E-state index in [0.29, 0.717) is 23.8 Å². The minimum Gasteiger partial charge on any atom is -0.480 e. The standard InChI is InChI=1S/C11H13ClN2O3S/c12-9-4-3-7(18-9)6-13-11(17)14-5-1-2-8(14)10(15)16/h3-4,8H,1-2,5-6H2,(H,13,17)(H,15,16)/t8-/m1/s1. The summed E-state index contributed by atoms with van der Waals surface area (Å²) in [5.74, 6) is -0.943. The number of carboxylic acid groups (broad SMARTS) is 1. The molecule has 0 radical (unpaired) electrons. The molecule has 2 heterocycles. The molecule has 98 valence electrons. The van der Waals surface area contributed by atoms with Crippen LogP contribution in [0.1, 0.15) is 17.7 Å². The maximum atomic E-state index is 11.9. The van der Waals surface area contributed by atoms with Crippen molar-refractivity contribution in [1.82, 2.24) is 10.2 Å². The number of halogens is 1. The zero-order chi connectivity index (χ0) is 13.1. The van der Waals surface area contributed by atoms with Crippen LogP contribution in [0.2, 0.25) is 4.34 Å². The Balaban J connectivity index is 1.89. The van der Waals surface area contributed by atoms with E-state index in [1.54, 1.807) is 6.07 Å². The van der Waals surface area contributed by atoms with Crippen LogP contribution in [0.3, 0.4) is 0 Å². The highest BCUT2D eigenvalue weighted by Gasteiger charge is 2.33. The minimum absolute atomic E-state index is 0.329. The van der Waals surface area contributed by atoms with Crippen molar-refractivity contribution in [2.45, 2.75) is 25.4 Å². The summed E-state index contributed by atoms with van der Waals surface area (Å²) < 4.78 is 0.670. The van der Waals surface area contributed by atoms with Crippen molar-refractivity contribution in [3.8, 4) is 0 Å². The van der Waals surface area contributed by atoms with Crippen molar-refractivity contribution >= 4 is 34.9 Å². The van der Waals surface area contributed by atoms with Crippen LogP contribution in [0.15, 0.2) is 12.1 Å². The molecule has 2 rings (SSSR count). The Morgan fingerprint density at radius 3 is 2.94 bits per heavy atom. The van der Waals surface area contributed by atoms with Gasteiger partial charge in [-0.15, -0.1) is 11.3 Å². The Morgan fingerprint density at radius 1 is 1.56 bits per heavy atom. The Morgan fingerprint density at radius 2 is 2.33 bits per heavy atom. The number of thiophene rings is 1. The topological polar surface area (TPSA) is 69.6 Å². The second-order valence-corrected chi connectivity index (χ2v) is 5.85. The number of carbonyl (C=O) groups is 2. The predicted octanol–water partition coefficient (Wildman–Crippen LogP) is 2.16. The molecule has 1 aromatic rings. The van der Waals surface area contributed by atoms with E-state index in [4.69, 9.17) is 16.7 Å². The lowest BCUT2D eigenvalue weighted by Gasteiger charge is -2.21. The highest BCUT2D eigenvalue weighted by molar-refractivity contribution is 7.16. The van der Waals surface area contributed by atoms with Crippen LogP contribution in [-0.2, 0) is 11.3 Å². The van der Waals surface area contributed by atoms with Gasteiger partial charge in [0, 0.05) is 11.4 Å². The SMILES string of the molecule is O=C(O)[C@H]1CCCN1C(=O)NCc1ccc(Cl)s1. The molecule has 7 heteroatoms. The van der Waals surface area contributed by atoms with Gasteiger partial charge < -0.3 is 15.3 Å². The lowest BCUT2D eigenvalue weighted by Crippen LogP contribution is -2.45. The molecule has 0 aliphatic carbocycles. The first kappa shape index (κ1) is 13.2. The van der Waals surface area contributed by atoms with Crippen LogP contribution in [-0.4, -0.2) is 34.6 Å². The number of nitrogens with zero attached hydrogens (tertiary/aromatic N) is 1. The molecular weight excluding hydrogens is 276 g/mol. The number of carboxylic acids is 1. The third-order valence-corrected chi connectivity index (χ3v) is 4.07. The normalized spacial score (nSPS) is 18.9. The Bertz CT molecular complexity index is 463. The van der Waals surface area contributed by atoms with E-state index in [1.807, 2.05) is 6.07 Å². The maximum Gasteiger partial charge on any atom is 0.326 e. The average molecular weight is 289 g/mol. The summed E-state index contributed by atoms with van der Waals surface area (Å²) in [6.45, 7) is 0.868. The third-order valence-electron chi connectivity index (χ3n) is 2.84. The van der Waals surface area contributed by atoms with Crippen LogP contribution in [0.4, 0.5) is 4.79 Å². The minimum atomic E-state index is -0.943. The van der Waals surface area contributed by atoms with Gasteiger partial charge in [-0.3, -0.25) is 0 Å². The number of urea groups is 1. The molecule has 1 aliphatic rings. The van der Waals surface area contributed by atoms with Crippen LogP contribution in [0.25, 0.3) is 0 Å². The maximum absolute atomic E-state index is 11.9. The predicted molar refractivity (Wildman–Crippen MR) is 68.9 cm³/mol. The highest BCUT2D eigenvalue weighted by atomic mass is 35.5. The molecule has 5 nitrogen and oxygen atoms in total. The number of likely N-dealkylation sites (tertiary alicyclic amines) is 1. The van der Waals surface area contributed by atoms with Crippen molar-refractivity contribution in [2.75, 3.05) is 6.54 Å². The van der Waals surface area contributed by atoms with Crippen molar-refractivity contribution in [3.05, 3.63) is 21.3 Å². The number of rotatable bonds is 3. The van der Waals surface area contributed by atoms with Crippen molar-refractivity contribution in [1.29, 1.82) is 0 Å². The molecule has 1 atom stereocenters. The first-order valence-corrected chi connectivity index (χ1v) is 6.79. The molecule has 18 heavy (non-hydrogen) atoms. The van der Waals surface area contributed by atoms with Crippen molar-refractivity contribution < 1.29 is 14.7 Å². The van der Waals surface area contributed by atoms with E-state index in [-0.39, 0.29) is 6.03 Å². The summed E-state index contributed by atoms with van der Waals surface area (Å²) in [6.07, 6.45) is 1.25. The second-order valence-electron chi connectivity index (χ2n) is 4.05. The molecular formula is C11H13ClN2O3S. The van der Waals surface area contributed by atoms with Gasteiger partial charge in [0.1, 0.15) is 6.04 Å². The van der Waals surface area contributed by atoms with E-state index < -0.39 is 12.0 Å². The molecule has 2 N–H and O–H groups in total. The summed E-state index contributed by atoms with van der Waals surface area (Å²) in [5, 5.41) is 11.7. The van der Waals surface area contributed by atoms with Gasteiger partial charge in [0.25, 0.3) is 0 Å². The smallest absolute Gasteiger partial charge is 0.326 e. The molecule has 1 aromatic heterocycles. The van der Waals surface area contributed by atoms with Crippen LogP contribution in [0, 0.1) is 0 Å². The van der Waals surface area contributed by atoms with Gasteiger partial charge in [0.15, 0.2) is 0 Å². The Kier molecular flexibility index (Phi) is 4.08. The van der Waals surface area contributed by atoms with Gasteiger partial charge in [-0.05, 0) is 25.0 Å². The van der Waals surface area contributed by atoms with Gasteiger partial charge in [0.05, 0.1) is 10.9 Å². The van der Waals surface area contributed by atoms with E-state index in [2.05, 4.69) is 5.32 Å². The fourth-order valence-corrected chi connectivity index (χ4v) is 3.00. The van der Waals surface area contributed by atoms with E-state index >= 15 is 0 Å². The molecule has 0 aromatic carbocycles. The Hall–Kier alpha value is -1.27. The number of nitrogens with one attached hydrogen (secondary N) is 1. The molecule has 0 spiro atoms. The van der Waals surface area contributed by atoms with Crippen molar-refractivity contribution in [2.24, 2.45) is 0 Å². The van der Waals surface area contributed by atoms with Crippen molar-refractivity contribution in [3.63, 3.8) is 0 Å². The first-order valence-electron chi connectivity index (χ1n) is 5.59. The van der Waals surface area contributed by atoms with Gasteiger partial charge >= 0.3 is 12.0 Å². The summed E-state index contributed by atoms with van der Waals surface area (Å²) in [7, 11) is 0. The largest absolute Gasteiger partial charge is 0.480 e. The zero-order valence-electron chi connectivity index (χ0n) is 9.56. The summed E-state index contributed by atoms with van der Waals surface area (Å²) in [5.41, 5.74) is 0. The molecule has 1 aliphatic heterocycles. The second kappa shape index (κ2) is 5.58. The lowest BCUT2D eigenvalue weighted by molar-refractivity contribution is -0.141. The number of hydrogen-bond acceptors (Lipinski definition) is 3. The van der Waals surface area contributed by atoms with E-state index in [0.717, 1.165) is 11.3 Å². The van der Waals surface area contributed by atoms with Gasteiger partial charge in [-0.1, -0.05) is 11.6 Å². The van der Waals surface area contributed by atoms with Gasteiger partial charge in [0.2, 0.25) is 0 Å². The molecule has 1 saturated heterocycles. The number of carbonyl (C=O) groups excluding carboxylic acids is 1. The van der Waals surface area contributed by atoms with E-state index in [9.17, 15) is 9.59 Å². The zero-order valence-corrected chi connectivity index (χ0v) is 11.1. The van der Waals surface area contributed by atoms with Gasteiger partial charge in [-0.2, -0.15) is 0 Å².